The molecule has 1 atom stereocenters. The van der Waals surface area contributed by atoms with Crippen molar-refractivity contribution >= 4 is 5.97 Å². The molecule has 1 aliphatic carbocycles. The van der Waals surface area contributed by atoms with Crippen LogP contribution in [0.4, 0.5) is 0 Å². The number of carboxylic acid groups (broad SMARTS) is 1. The van der Waals surface area contributed by atoms with E-state index in [9.17, 15) is 4.79 Å². The zero-order valence-corrected chi connectivity index (χ0v) is 5.42. The van der Waals surface area contributed by atoms with Gasteiger partial charge in [0.25, 0.3) is 0 Å². The zero-order valence-electron chi connectivity index (χ0n) is 5.42. The first kappa shape index (κ1) is 6.33. The van der Waals surface area contributed by atoms with Crippen LogP contribution in [0.1, 0.15) is 19.8 Å². The van der Waals surface area contributed by atoms with Gasteiger partial charge in [0, 0.05) is 5.57 Å². The summed E-state index contributed by atoms with van der Waals surface area (Å²) < 4.78 is 0. The van der Waals surface area contributed by atoms with Crippen LogP contribution in [0.15, 0.2) is 11.6 Å². The highest BCUT2D eigenvalue weighted by molar-refractivity contribution is 5.87. The lowest BCUT2D eigenvalue weighted by molar-refractivity contribution is -0.132. The third kappa shape index (κ3) is 1.31. The number of allylic oxidation sites excluding steroid dienone is 1. The van der Waals surface area contributed by atoms with E-state index in [4.69, 9.17) is 5.11 Å². The number of hydrogen-bond acceptors (Lipinski definition) is 1. The number of carbonyl (C=O) groups is 1. The topological polar surface area (TPSA) is 37.3 Å². The van der Waals surface area contributed by atoms with E-state index in [-0.39, 0.29) is 0 Å². The number of aliphatic carboxylic acids is 1. The first-order valence-electron chi connectivity index (χ1n) is 3.12. The molecule has 1 unspecified atom stereocenters. The molecule has 0 aliphatic heterocycles. The van der Waals surface area contributed by atoms with Gasteiger partial charge in [-0.25, -0.2) is 4.79 Å². The van der Waals surface area contributed by atoms with E-state index in [1.807, 2.05) is 6.08 Å². The molecule has 50 valence electrons. The zero-order chi connectivity index (χ0) is 6.85. The molecule has 0 heterocycles. The lowest BCUT2D eigenvalue weighted by Gasteiger charge is -1.96. The first-order chi connectivity index (χ1) is 4.20. The summed E-state index contributed by atoms with van der Waals surface area (Å²) in [6, 6.07) is 0. The van der Waals surface area contributed by atoms with Crippen LogP contribution in [-0.2, 0) is 4.79 Å². The average molecular weight is 126 g/mol. The highest BCUT2D eigenvalue weighted by Crippen LogP contribution is 2.23. The molecular formula is C7H10O2. The molecule has 1 aliphatic rings. The van der Waals surface area contributed by atoms with Crippen LogP contribution in [0, 0.1) is 5.92 Å². The fourth-order valence-corrected chi connectivity index (χ4v) is 1.06. The van der Waals surface area contributed by atoms with E-state index < -0.39 is 5.97 Å². The first-order valence-corrected chi connectivity index (χ1v) is 3.12. The van der Waals surface area contributed by atoms with Crippen LogP contribution < -0.4 is 0 Å². The van der Waals surface area contributed by atoms with Crippen molar-refractivity contribution in [2.24, 2.45) is 5.92 Å². The smallest absolute Gasteiger partial charge is 0.331 e. The molecule has 0 saturated heterocycles. The Morgan fingerprint density at radius 1 is 1.89 bits per heavy atom. The second-order valence-electron chi connectivity index (χ2n) is 2.58. The molecular weight excluding hydrogens is 116 g/mol. The van der Waals surface area contributed by atoms with Gasteiger partial charge < -0.3 is 5.11 Å². The van der Waals surface area contributed by atoms with Gasteiger partial charge in [-0.3, -0.25) is 0 Å². The standard InChI is InChI=1S/C7H10O2/c1-5-2-3-6(4-5)7(8)9/h3,5H,2,4H2,1H3,(H,8,9). The Morgan fingerprint density at radius 3 is 2.78 bits per heavy atom. The third-order valence-corrected chi connectivity index (χ3v) is 1.61. The van der Waals surface area contributed by atoms with E-state index >= 15 is 0 Å². The fourth-order valence-electron chi connectivity index (χ4n) is 1.06. The maximum absolute atomic E-state index is 10.3. The predicted molar refractivity (Wildman–Crippen MR) is 34.1 cm³/mol. The van der Waals surface area contributed by atoms with Crippen molar-refractivity contribution in [3.05, 3.63) is 11.6 Å². The van der Waals surface area contributed by atoms with E-state index in [1.54, 1.807) is 0 Å². The fraction of sp³-hybridized carbons (Fsp3) is 0.571. The minimum Gasteiger partial charge on any atom is -0.478 e. The predicted octanol–water partition coefficient (Wildman–Crippen LogP) is 1.43. The van der Waals surface area contributed by atoms with Crippen molar-refractivity contribution in [1.29, 1.82) is 0 Å². The minimum absolute atomic E-state index is 0.538. The second-order valence-corrected chi connectivity index (χ2v) is 2.58. The Labute approximate surface area is 54.2 Å². The quantitative estimate of drug-likeness (QED) is 0.577. The van der Waals surface area contributed by atoms with Gasteiger partial charge in [-0.1, -0.05) is 13.0 Å². The largest absolute Gasteiger partial charge is 0.478 e. The molecule has 0 amide bonds. The summed E-state index contributed by atoms with van der Waals surface area (Å²) >= 11 is 0. The summed E-state index contributed by atoms with van der Waals surface area (Å²) in [5, 5.41) is 8.46. The van der Waals surface area contributed by atoms with Crippen LogP contribution in [-0.4, -0.2) is 11.1 Å². The molecule has 1 rings (SSSR count). The Hall–Kier alpha value is -0.790. The monoisotopic (exact) mass is 126 g/mol. The molecule has 0 fully saturated rings. The molecule has 0 bridgehead atoms. The third-order valence-electron chi connectivity index (χ3n) is 1.61. The normalized spacial score (nSPS) is 25.9. The summed E-state index contributed by atoms with van der Waals surface area (Å²) in [7, 11) is 0. The summed E-state index contributed by atoms with van der Waals surface area (Å²) in [6.07, 6.45) is 3.49. The van der Waals surface area contributed by atoms with Gasteiger partial charge in [0.15, 0.2) is 0 Å². The molecule has 0 radical (unpaired) electrons. The van der Waals surface area contributed by atoms with Gasteiger partial charge >= 0.3 is 5.97 Å². The van der Waals surface area contributed by atoms with Gasteiger partial charge in [-0.2, -0.15) is 0 Å². The summed E-state index contributed by atoms with van der Waals surface area (Å²) in [4.78, 5) is 10.3. The molecule has 1 N–H and O–H groups in total. The summed E-state index contributed by atoms with van der Waals surface area (Å²) in [5.41, 5.74) is 0.586. The molecule has 2 heteroatoms. The number of hydrogen-bond donors (Lipinski definition) is 1. The van der Waals surface area contributed by atoms with Crippen molar-refractivity contribution in [1.82, 2.24) is 0 Å². The van der Waals surface area contributed by atoms with Crippen LogP contribution in [0.2, 0.25) is 0 Å². The highest BCUT2D eigenvalue weighted by atomic mass is 16.4. The van der Waals surface area contributed by atoms with E-state index in [1.165, 1.54) is 0 Å². The van der Waals surface area contributed by atoms with E-state index in [0.717, 1.165) is 12.8 Å². The van der Waals surface area contributed by atoms with Gasteiger partial charge in [0.2, 0.25) is 0 Å². The Bertz CT molecular complexity index is 158. The summed E-state index contributed by atoms with van der Waals surface area (Å²) in [6.45, 7) is 2.06. The lowest BCUT2D eigenvalue weighted by Crippen LogP contribution is -1.98. The molecule has 0 spiro atoms. The number of rotatable bonds is 1. The average Bonchev–Trinajstić information content (AvgIpc) is 2.14. The van der Waals surface area contributed by atoms with Crippen LogP contribution >= 0.6 is 0 Å². The Kier molecular flexibility index (Phi) is 1.56. The SMILES string of the molecule is CC1CC=C(C(=O)O)C1. The Morgan fingerprint density at radius 2 is 2.56 bits per heavy atom. The van der Waals surface area contributed by atoms with Gasteiger partial charge in [-0.15, -0.1) is 0 Å². The van der Waals surface area contributed by atoms with E-state index in [0.29, 0.717) is 11.5 Å². The maximum atomic E-state index is 10.3. The minimum atomic E-state index is -0.751. The van der Waals surface area contributed by atoms with Crippen LogP contribution in [0.5, 0.6) is 0 Å². The second kappa shape index (κ2) is 2.21. The van der Waals surface area contributed by atoms with E-state index in [2.05, 4.69) is 6.92 Å². The van der Waals surface area contributed by atoms with Crippen molar-refractivity contribution in [2.45, 2.75) is 19.8 Å². The van der Waals surface area contributed by atoms with Gasteiger partial charge in [0.1, 0.15) is 0 Å². The van der Waals surface area contributed by atoms with Crippen LogP contribution in [0.25, 0.3) is 0 Å². The van der Waals surface area contributed by atoms with Crippen molar-refractivity contribution in [3.63, 3.8) is 0 Å². The van der Waals surface area contributed by atoms with Crippen LogP contribution in [0.3, 0.4) is 0 Å². The lowest BCUT2D eigenvalue weighted by atomic mass is 10.1. The molecule has 9 heavy (non-hydrogen) atoms. The van der Waals surface area contributed by atoms with Crippen molar-refractivity contribution in [2.75, 3.05) is 0 Å². The Balaban J connectivity index is 2.55. The molecule has 0 saturated carbocycles. The van der Waals surface area contributed by atoms with Gasteiger partial charge in [0.05, 0.1) is 0 Å². The van der Waals surface area contributed by atoms with Crippen molar-refractivity contribution < 1.29 is 9.90 Å². The molecule has 0 aromatic heterocycles. The molecule has 2 nitrogen and oxygen atoms in total. The van der Waals surface area contributed by atoms with Crippen molar-refractivity contribution in [3.8, 4) is 0 Å². The summed E-state index contributed by atoms with van der Waals surface area (Å²) in [5.74, 6) is -0.213. The van der Waals surface area contributed by atoms with Gasteiger partial charge in [-0.05, 0) is 18.8 Å². The highest BCUT2D eigenvalue weighted by Gasteiger charge is 2.16. The number of carboxylic acids is 1. The maximum Gasteiger partial charge on any atom is 0.331 e. The molecule has 0 aromatic carbocycles. The molecule has 0 aromatic rings.